The molecule has 0 bridgehead atoms. The average Bonchev–Trinajstić information content (AvgIpc) is 3.80. The summed E-state index contributed by atoms with van der Waals surface area (Å²) in [5.41, 5.74) is 10.3. The van der Waals surface area contributed by atoms with E-state index < -0.39 is 53.8 Å². The van der Waals surface area contributed by atoms with Gasteiger partial charge in [-0.25, -0.2) is 9.78 Å². The van der Waals surface area contributed by atoms with Crippen LogP contribution in [0.4, 0.5) is 0 Å². The second-order valence-corrected chi connectivity index (χ2v) is 11.7. The van der Waals surface area contributed by atoms with E-state index in [1.165, 1.54) is 12.5 Å². The lowest BCUT2D eigenvalue weighted by atomic mass is 10.0. The van der Waals surface area contributed by atoms with Crippen molar-refractivity contribution in [1.82, 2.24) is 35.9 Å². The Balaban J connectivity index is 1.37. The number of carboxylic acid groups (broad SMARTS) is 1. The normalized spacial score (nSPS) is 14.1. The van der Waals surface area contributed by atoms with Crippen LogP contribution in [0.2, 0.25) is 0 Å². The smallest absolute Gasteiger partial charge is 0.326 e. The Morgan fingerprint density at radius 1 is 0.761 bits per heavy atom. The summed E-state index contributed by atoms with van der Waals surface area (Å²) in [6.45, 7) is 3.36. The monoisotopic (exact) mass is 626 g/mol. The number of nitrogens with one attached hydrogen (secondary N) is 6. The molecule has 2 aromatic carbocycles. The lowest BCUT2D eigenvalue weighted by molar-refractivity contribution is -0.143. The van der Waals surface area contributed by atoms with E-state index in [-0.39, 0.29) is 19.3 Å². The fraction of sp³-hybridized carbons (Fsp3) is 0.303. The number of nitrogens with two attached hydrogens (primary N) is 1. The third-order valence-electron chi connectivity index (χ3n) is 8.03. The van der Waals surface area contributed by atoms with Crippen LogP contribution in [0.3, 0.4) is 0 Å². The van der Waals surface area contributed by atoms with Crippen molar-refractivity contribution >= 4 is 45.5 Å². The van der Waals surface area contributed by atoms with Crippen LogP contribution in [0.15, 0.2) is 73.4 Å². The van der Waals surface area contributed by atoms with Gasteiger partial charge >= 0.3 is 5.97 Å². The quantitative estimate of drug-likeness (QED) is 0.0917. The van der Waals surface area contributed by atoms with Gasteiger partial charge in [0.05, 0.1) is 12.4 Å². The third kappa shape index (κ3) is 7.44. The summed E-state index contributed by atoms with van der Waals surface area (Å²) in [5, 5.41) is 19.6. The predicted molar refractivity (Wildman–Crippen MR) is 173 cm³/mol. The zero-order valence-electron chi connectivity index (χ0n) is 25.5. The molecule has 0 aliphatic carbocycles. The van der Waals surface area contributed by atoms with Crippen LogP contribution in [-0.2, 0) is 38.4 Å². The molecule has 5 aromatic rings. The van der Waals surface area contributed by atoms with Gasteiger partial charge in [0, 0.05) is 58.9 Å². The van der Waals surface area contributed by atoms with E-state index in [1.807, 2.05) is 54.7 Å². The van der Waals surface area contributed by atoms with Gasteiger partial charge in [0.1, 0.15) is 18.1 Å². The van der Waals surface area contributed by atoms with Crippen molar-refractivity contribution in [3.8, 4) is 0 Å². The average molecular weight is 627 g/mol. The number of rotatable bonds is 14. The van der Waals surface area contributed by atoms with Crippen LogP contribution >= 0.6 is 0 Å². The van der Waals surface area contributed by atoms with E-state index in [0.717, 1.165) is 32.9 Å². The van der Waals surface area contributed by atoms with Crippen molar-refractivity contribution in [2.24, 2.45) is 11.7 Å². The van der Waals surface area contributed by atoms with Crippen LogP contribution in [-0.4, -0.2) is 72.9 Å². The maximum atomic E-state index is 13.9. The van der Waals surface area contributed by atoms with E-state index in [1.54, 1.807) is 20.0 Å². The van der Waals surface area contributed by atoms with Crippen LogP contribution in [0, 0.1) is 5.92 Å². The SMILES string of the molecule is CC(C)C(NC(=O)C(Cc1c[nH]c2ccccc12)NC(=O)C(Cc1cnc[nH]1)NC(=O)C(N)Cc1c[nH]c2ccccc12)C(=O)O. The van der Waals surface area contributed by atoms with E-state index >= 15 is 0 Å². The molecule has 13 nitrogen and oxygen atoms in total. The van der Waals surface area contributed by atoms with Gasteiger partial charge in [-0.2, -0.15) is 0 Å². The van der Waals surface area contributed by atoms with E-state index in [0.29, 0.717) is 5.69 Å². The van der Waals surface area contributed by atoms with Crippen molar-refractivity contribution in [2.45, 2.75) is 57.3 Å². The summed E-state index contributed by atoms with van der Waals surface area (Å²) in [5.74, 6) is -3.44. The number of carboxylic acids is 1. The highest BCUT2D eigenvalue weighted by molar-refractivity contribution is 5.95. The first kappa shape index (κ1) is 32.0. The number of fused-ring (bicyclic) bond motifs is 2. The molecule has 3 heterocycles. The Bertz CT molecular complexity index is 1830. The van der Waals surface area contributed by atoms with Gasteiger partial charge in [-0.05, 0) is 35.6 Å². The summed E-state index contributed by atoms with van der Waals surface area (Å²) in [7, 11) is 0. The second-order valence-electron chi connectivity index (χ2n) is 11.7. The second kappa shape index (κ2) is 14.1. The molecule has 46 heavy (non-hydrogen) atoms. The Morgan fingerprint density at radius 2 is 1.30 bits per heavy atom. The largest absolute Gasteiger partial charge is 0.480 e. The molecule has 0 radical (unpaired) electrons. The van der Waals surface area contributed by atoms with Crippen molar-refractivity contribution in [3.05, 3.63) is 90.3 Å². The van der Waals surface area contributed by atoms with E-state index in [4.69, 9.17) is 5.73 Å². The molecule has 0 fully saturated rings. The zero-order chi connectivity index (χ0) is 32.8. The first-order valence-electron chi connectivity index (χ1n) is 15.1. The molecular formula is C33H38N8O5. The Kier molecular flexibility index (Phi) is 9.82. The number of imidazole rings is 1. The molecule has 0 aliphatic rings. The fourth-order valence-corrected chi connectivity index (χ4v) is 5.50. The minimum atomic E-state index is -1.19. The molecule has 0 aliphatic heterocycles. The van der Waals surface area contributed by atoms with Gasteiger partial charge in [-0.1, -0.05) is 50.2 Å². The molecule has 13 heteroatoms. The zero-order valence-corrected chi connectivity index (χ0v) is 25.5. The highest BCUT2D eigenvalue weighted by atomic mass is 16.4. The Labute approximate surface area is 264 Å². The lowest BCUT2D eigenvalue weighted by Gasteiger charge is -2.26. The molecular weight excluding hydrogens is 588 g/mol. The minimum absolute atomic E-state index is 0.0442. The molecule has 5 rings (SSSR count). The number of H-pyrrole nitrogens is 3. The molecule has 4 unspecified atom stereocenters. The molecule has 0 spiro atoms. The summed E-state index contributed by atoms with van der Waals surface area (Å²) in [6, 6.07) is 10.8. The topological polar surface area (TPSA) is 211 Å². The number of amides is 3. The molecule has 4 atom stereocenters. The number of aromatic amines is 3. The van der Waals surface area contributed by atoms with E-state index in [9.17, 15) is 24.3 Å². The lowest BCUT2D eigenvalue weighted by Crippen LogP contribution is -2.58. The molecule has 3 amide bonds. The molecule has 3 aromatic heterocycles. The fourth-order valence-electron chi connectivity index (χ4n) is 5.50. The number of aliphatic carboxylic acids is 1. The van der Waals surface area contributed by atoms with Crippen molar-refractivity contribution in [2.75, 3.05) is 0 Å². The highest BCUT2D eigenvalue weighted by Crippen LogP contribution is 2.20. The van der Waals surface area contributed by atoms with Gasteiger partial charge in [0.2, 0.25) is 17.7 Å². The number of aromatic nitrogens is 4. The maximum Gasteiger partial charge on any atom is 0.326 e. The van der Waals surface area contributed by atoms with Gasteiger partial charge in [0.25, 0.3) is 0 Å². The molecule has 240 valence electrons. The third-order valence-corrected chi connectivity index (χ3v) is 8.03. The molecule has 9 N–H and O–H groups in total. The van der Waals surface area contributed by atoms with E-state index in [2.05, 4.69) is 35.9 Å². The molecule has 0 saturated heterocycles. The number of carbonyl (C=O) groups is 4. The number of carbonyl (C=O) groups excluding carboxylic acids is 3. The highest BCUT2D eigenvalue weighted by Gasteiger charge is 2.32. The van der Waals surface area contributed by atoms with Crippen LogP contribution < -0.4 is 21.7 Å². The summed E-state index contributed by atoms with van der Waals surface area (Å²) in [6.07, 6.45) is 6.89. The number of hydrogen-bond donors (Lipinski definition) is 8. The molecule has 0 saturated carbocycles. The van der Waals surface area contributed by atoms with Crippen LogP contribution in [0.5, 0.6) is 0 Å². The van der Waals surface area contributed by atoms with Crippen LogP contribution in [0.1, 0.15) is 30.7 Å². The number of benzene rings is 2. The van der Waals surface area contributed by atoms with Gasteiger partial charge < -0.3 is 41.7 Å². The summed E-state index contributed by atoms with van der Waals surface area (Å²) < 4.78 is 0. The Morgan fingerprint density at radius 3 is 1.87 bits per heavy atom. The Hall–Kier alpha value is -5.43. The van der Waals surface area contributed by atoms with Gasteiger partial charge in [0.15, 0.2) is 0 Å². The first-order valence-corrected chi connectivity index (χ1v) is 15.1. The van der Waals surface area contributed by atoms with Crippen molar-refractivity contribution < 1.29 is 24.3 Å². The van der Waals surface area contributed by atoms with Crippen molar-refractivity contribution in [1.29, 1.82) is 0 Å². The minimum Gasteiger partial charge on any atom is -0.480 e. The van der Waals surface area contributed by atoms with Crippen molar-refractivity contribution in [3.63, 3.8) is 0 Å². The number of para-hydroxylation sites is 2. The van der Waals surface area contributed by atoms with Gasteiger partial charge in [-0.15, -0.1) is 0 Å². The predicted octanol–water partition coefficient (Wildman–Crippen LogP) is 1.92. The first-order chi connectivity index (χ1) is 22.1. The summed E-state index contributed by atoms with van der Waals surface area (Å²) in [4.78, 5) is 66.0. The van der Waals surface area contributed by atoms with Gasteiger partial charge in [-0.3, -0.25) is 14.4 Å². The van der Waals surface area contributed by atoms with Crippen LogP contribution in [0.25, 0.3) is 21.8 Å². The number of hydrogen-bond acceptors (Lipinski definition) is 6. The standard InChI is InChI=1S/C33H38N8O5/c1-18(2)29(33(45)46)41-32(44)27(12-20-15-37-26-10-6-4-8-23(20)26)40-31(43)28(13-21-16-35-17-38-21)39-30(42)24(34)11-19-14-36-25-9-5-3-7-22(19)25/h3-10,14-18,24,27-29,36-37H,11-13,34H2,1-2H3,(H,35,38)(H,39,42)(H,40,43)(H,41,44)(H,45,46). The number of nitrogens with zero attached hydrogens (tertiary/aromatic N) is 1. The maximum absolute atomic E-state index is 13.9. The summed E-state index contributed by atoms with van der Waals surface area (Å²) >= 11 is 0.